The molecule has 0 aliphatic carbocycles. The largest absolute Gasteiger partial charge is 0.338 e. The summed E-state index contributed by atoms with van der Waals surface area (Å²) in [6.45, 7) is 0.755. The summed E-state index contributed by atoms with van der Waals surface area (Å²) in [7, 11) is 0. The predicted molar refractivity (Wildman–Crippen MR) is 50.3 cm³/mol. The van der Waals surface area contributed by atoms with Crippen LogP contribution in [0.5, 0.6) is 0 Å². The minimum absolute atomic E-state index is 0.0693. The summed E-state index contributed by atoms with van der Waals surface area (Å²) in [5, 5.41) is 5.61. The van der Waals surface area contributed by atoms with E-state index in [1.807, 2.05) is 30.3 Å². The lowest BCUT2D eigenvalue weighted by Gasteiger charge is -2.24. The van der Waals surface area contributed by atoms with Crippen molar-refractivity contribution in [3.63, 3.8) is 0 Å². The number of hydrogen-bond acceptors (Lipinski definition) is 1. The summed E-state index contributed by atoms with van der Waals surface area (Å²) in [5.41, 5.74) is 1.18. The van der Waals surface area contributed by atoms with E-state index in [-0.39, 0.29) is 12.1 Å². The minimum atomic E-state index is -0.0693. The molecule has 0 aromatic heterocycles. The zero-order chi connectivity index (χ0) is 9.10. The first-order chi connectivity index (χ1) is 6.36. The monoisotopic (exact) mass is 176 g/mol. The van der Waals surface area contributed by atoms with Gasteiger partial charge in [-0.15, -0.1) is 0 Å². The maximum Gasteiger partial charge on any atom is 0.315 e. The molecule has 0 bridgehead atoms. The molecule has 1 aliphatic rings. The number of hydrogen-bond donors (Lipinski definition) is 2. The van der Waals surface area contributed by atoms with Crippen LogP contribution in [0.2, 0.25) is 0 Å². The standard InChI is InChI=1S/C10H12N2O/c13-10-11-7-6-9(12-10)8-4-2-1-3-5-8/h1-5,9H,6-7H2,(H2,11,12,13). The molecule has 1 aromatic carbocycles. The highest BCUT2D eigenvalue weighted by atomic mass is 16.2. The summed E-state index contributed by atoms with van der Waals surface area (Å²) in [6, 6.07) is 10.1. The Labute approximate surface area is 77.1 Å². The molecule has 1 heterocycles. The normalized spacial score (nSPS) is 21.8. The summed E-state index contributed by atoms with van der Waals surface area (Å²) in [5.74, 6) is 0. The third kappa shape index (κ3) is 1.80. The van der Waals surface area contributed by atoms with Crippen molar-refractivity contribution in [3.8, 4) is 0 Å². The molecule has 1 unspecified atom stereocenters. The van der Waals surface area contributed by atoms with Crippen molar-refractivity contribution >= 4 is 6.03 Å². The van der Waals surface area contributed by atoms with E-state index in [0.717, 1.165) is 13.0 Å². The zero-order valence-electron chi connectivity index (χ0n) is 7.29. The number of amides is 2. The van der Waals surface area contributed by atoms with E-state index >= 15 is 0 Å². The summed E-state index contributed by atoms with van der Waals surface area (Å²) in [4.78, 5) is 11.0. The Balaban J connectivity index is 2.13. The van der Waals surface area contributed by atoms with Crippen LogP contribution < -0.4 is 10.6 Å². The summed E-state index contributed by atoms with van der Waals surface area (Å²) < 4.78 is 0. The highest BCUT2D eigenvalue weighted by molar-refractivity contribution is 5.75. The molecule has 0 radical (unpaired) electrons. The molecule has 1 atom stereocenters. The maximum absolute atomic E-state index is 11.0. The van der Waals surface area contributed by atoms with Crippen LogP contribution in [0.25, 0.3) is 0 Å². The van der Waals surface area contributed by atoms with E-state index in [4.69, 9.17) is 0 Å². The van der Waals surface area contributed by atoms with Crippen LogP contribution in [0.3, 0.4) is 0 Å². The first-order valence-corrected chi connectivity index (χ1v) is 4.45. The Kier molecular flexibility index (Phi) is 2.17. The van der Waals surface area contributed by atoms with Gasteiger partial charge in [0.25, 0.3) is 0 Å². The van der Waals surface area contributed by atoms with Gasteiger partial charge in [-0.2, -0.15) is 0 Å². The molecule has 1 fully saturated rings. The van der Waals surface area contributed by atoms with Crippen LogP contribution in [0.4, 0.5) is 4.79 Å². The first kappa shape index (κ1) is 8.10. The second kappa shape index (κ2) is 3.47. The highest BCUT2D eigenvalue weighted by Crippen LogP contribution is 2.17. The number of nitrogens with one attached hydrogen (secondary N) is 2. The Morgan fingerprint density at radius 2 is 2.00 bits per heavy atom. The first-order valence-electron chi connectivity index (χ1n) is 4.45. The summed E-state index contributed by atoms with van der Waals surface area (Å²) in [6.07, 6.45) is 0.954. The topological polar surface area (TPSA) is 41.1 Å². The van der Waals surface area contributed by atoms with Gasteiger partial charge in [-0.05, 0) is 12.0 Å². The van der Waals surface area contributed by atoms with Gasteiger partial charge in [0, 0.05) is 6.54 Å². The van der Waals surface area contributed by atoms with Crippen molar-refractivity contribution in [2.24, 2.45) is 0 Å². The van der Waals surface area contributed by atoms with Gasteiger partial charge >= 0.3 is 6.03 Å². The Morgan fingerprint density at radius 1 is 1.23 bits per heavy atom. The van der Waals surface area contributed by atoms with E-state index < -0.39 is 0 Å². The SMILES string of the molecule is O=C1NCCC(c2ccccc2)N1. The molecule has 68 valence electrons. The van der Waals surface area contributed by atoms with Gasteiger partial charge in [0.05, 0.1) is 6.04 Å². The number of rotatable bonds is 1. The number of carbonyl (C=O) groups is 1. The predicted octanol–water partition coefficient (Wildman–Crippen LogP) is 1.43. The average Bonchev–Trinajstić information content (AvgIpc) is 2.19. The zero-order valence-corrected chi connectivity index (χ0v) is 7.29. The van der Waals surface area contributed by atoms with Gasteiger partial charge < -0.3 is 10.6 Å². The molecule has 0 spiro atoms. The van der Waals surface area contributed by atoms with E-state index in [1.54, 1.807) is 0 Å². The molecule has 1 aliphatic heterocycles. The quantitative estimate of drug-likeness (QED) is 0.667. The van der Waals surface area contributed by atoms with Crippen molar-refractivity contribution < 1.29 is 4.79 Å². The molecule has 2 N–H and O–H groups in total. The van der Waals surface area contributed by atoms with Crippen molar-refractivity contribution in [1.29, 1.82) is 0 Å². The molecule has 13 heavy (non-hydrogen) atoms. The summed E-state index contributed by atoms with van der Waals surface area (Å²) >= 11 is 0. The molecule has 0 saturated carbocycles. The van der Waals surface area contributed by atoms with Crippen LogP contribution in [-0.2, 0) is 0 Å². The highest BCUT2D eigenvalue weighted by Gasteiger charge is 2.18. The fourth-order valence-corrected chi connectivity index (χ4v) is 1.55. The van der Waals surface area contributed by atoms with Gasteiger partial charge in [-0.1, -0.05) is 30.3 Å². The van der Waals surface area contributed by atoms with Crippen LogP contribution in [0, 0.1) is 0 Å². The molecule has 3 heteroatoms. The second-order valence-electron chi connectivity index (χ2n) is 3.15. The molecular weight excluding hydrogens is 164 g/mol. The van der Waals surface area contributed by atoms with Gasteiger partial charge in [0.15, 0.2) is 0 Å². The van der Waals surface area contributed by atoms with Crippen LogP contribution in [0.15, 0.2) is 30.3 Å². The van der Waals surface area contributed by atoms with Crippen LogP contribution in [0.1, 0.15) is 18.0 Å². The lowest BCUT2D eigenvalue weighted by molar-refractivity contribution is 0.229. The van der Waals surface area contributed by atoms with Gasteiger partial charge in [-0.25, -0.2) is 4.79 Å². The van der Waals surface area contributed by atoms with Crippen molar-refractivity contribution in [3.05, 3.63) is 35.9 Å². The van der Waals surface area contributed by atoms with Gasteiger partial charge in [-0.3, -0.25) is 0 Å². The van der Waals surface area contributed by atoms with E-state index in [0.29, 0.717) is 0 Å². The molecule has 1 aromatic rings. The Bertz CT molecular complexity index is 297. The fourth-order valence-electron chi connectivity index (χ4n) is 1.55. The number of urea groups is 1. The smallest absolute Gasteiger partial charge is 0.315 e. The second-order valence-corrected chi connectivity index (χ2v) is 3.15. The van der Waals surface area contributed by atoms with Crippen molar-refractivity contribution in [2.75, 3.05) is 6.54 Å². The molecule has 3 nitrogen and oxygen atoms in total. The lowest BCUT2D eigenvalue weighted by atomic mass is 10.0. The molecule has 1 saturated heterocycles. The number of carbonyl (C=O) groups excluding carboxylic acids is 1. The number of benzene rings is 1. The van der Waals surface area contributed by atoms with Crippen LogP contribution in [-0.4, -0.2) is 12.6 Å². The van der Waals surface area contributed by atoms with Gasteiger partial charge in [0.2, 0.25) is 0 Å². The van der Waals surface area contributed by atoms with Crippen LogP contribution >= 0.6 is 0 Å². The maximum atomic E-state index is 11.0. The van der Waals surface area contributed by atoms with E-state index in [2.05, 4.69) is 10.6 Å². The average molecular weight is 176 g/mol. The van der Waals surface area contributed by atoms with Gasteiger partial charge in [0.1, 0.15) is 0 Å². The fraction of sp³-hybridized carbons (Fsp3) is 0.300. The van der Waals surface area contributed by atoms with Crippen molar-refractivity contribution in [1.82, 2.24) is 10.6 Å². The van der Waals surface area contributed by atoms with E-state index in [9.17, 15) is 4.79 Å². The third-order valence-corrected chi connectivity index (χ3v) is 2.23. The van der Waals surface area contributed by atoms with E-state index in [1.165, 1.54) is 5.56 Å². The minimum Gasteiger partial charge on any atom is -0.338 e. The lowest BCUT2D eigenvalue weighted by Crippen LogP contribution is -2.44. The Morgan fingerprint density at radius 3 is 2.69 bits per heavy atom. The Hall–Kier alpha value is -1.51. The molecular formula is C10H12N2O. The molecule has 2 rings (SSSR count). The van der Waals surface area contributed by atoms with Crippen molar-refractivity contribution in [2.45, 2.75) is 12.5 Å². The third-order valence-electron chi connectivity index (χ3n) is 2.23. The molecule has 2 amide bonds.